The van der Waals surface area contributed by atoms with Crippen molar-refractivity contribution >= 4 is 5.91 Å². The number of ether oxygens (including phenoxy) is 1. The summed E-state index contributed by atoms with van der Waals surface area (Å²) in [5, 5.41) is 11.7. The van der Waals surface area contributed by atoms with Crippen LogP contribution >= 0.6 is 0 Å². The molecule has 1 unspecified atom stereocenters. The third-order valence-electron chi connectivity index (χ3n) is 2.78. The van der Waals surface area contributed by atoms with Crippen LogP contribution in [-0.2, 0) is 11.3 Å². The van der Waals surface area contributed by atoms with Gasteiger partial charge < -0.3 is 15.2 Å². The summed E-state index contributed by atoms with van der Waals surface area (Å²) in [7, 11) is 0. The molecule has 21 heavy (non-hydrogen) atoms. The highest BCUT2D eigenvalue weighted by molar-refractivity contribution is 5.80. The number of rotatable bonds is 5. The zero-order valence-corrected chi connectivity index (χ0v) is 11.4. The Morgan fingerprint density at radius 2 is 2.10 bits per heavy atom. The van der Waals surface area contributed by atoms with Gasteiger partial charge in [0.15, 0.2) is 6.10 Å². The van der Waals surface area contributed by atoms with Gasteiger partial charge in [-0.1, -0.05) is 0 Å². The number of aromatic nitrogens is 1. The van der Waals surface area contributed by atoms with Crippen LogP contribution in [0.25, 0.3) is 0 Å². The van der Waals surface area contributed by atoms with E-state index >= 15 is 0 Å². The Morgan fingerprint density at radius 1 is 1.38 bits per heavy atom. The molecule has 1 amide bonds. The molecule has 2 rings (SSSR count). The zero-order chi connectivity index (χ0) is 15.2. The van der Waals surface area contributed by atoms with Crippen molar-refractivity contribution in [3.63, 3.8) is 0 Å². The summed E-state index contributed by atoms with van der Waals surface area (Å²) in [5.74, 6) is -0.275. The first-order valence-corrected chi connectivity index (χ1v) is 6.39. The molecule has 0 aliphatic carbocycles. The van der Waals surface area contributed by atoms with Crippen LogP contribution in [0.4, 0.5) is 4.39 Å². The summed E-state index contributed by atoms with van der Waals surface area (Å²) < 4.78 is 18.8. The Bertz CT molecular complexity index is 617. The maximum atomic E-state index is 13.4. The van der Waals surface area contributed by atoms with Crippen LogP contribution in [0.2, 0.25) is 0 Å². The van der Waals surface area contributed by atoms with Gasteiger partial charge >= 0.3 is 0 Å². The van der Waals surface area contributed by atoms with Crippen molar-refractivity contribution in [2.45, 2.75) is 19.6 Å². The molecule has 2 aromatic rings. The van der Waals surface area contributed by atoms with Crippen molar-refractivity contribution in [2.24, 2.45) is 0 Å². The number of benzene rings is 1. The fraction of sp³-hybridized carbons (Fsp3) is 0.200. The van der Waals surface area contributed by atoms with Gasteiger partial charge in [0, 0.05) is 6.20 Å². The van der Waals surface area contributed by atoms with Gasteiger partial charge in [-0.2, -0.15) is 0 Å². The molecule has 6 heteroatoms. The minimum absolute atomic E-state index is 0.00517. The summed E-state index contributed by atoms with van der Waals surface area (Å²) in [4.78, 5) is 15.7. The lowest BCUT2D eigenvalue weighted by atomic mass is 10.3. The number of halogens is 1. The summed E-state index contributed by atoms with van der Waals surface area (Å²) in [5.41, 5.74) is 0.169. The molecule has 0 radical (unpaired) electrons. The number of phenols is 1. The van der Waals surface area contributed by atoms with E-state index in [4.69, 9.17) is 9.84 Å². The molecule has 5 nitrogen and oxygen atoms in total. The molecule has 0 aliphatic rings. The molecule has 0 saturated carbocycles. The number of hydrogen-bond acceptors (Lipinski definition) is 4. The zero-order valence-electron chi connectivity index (χ0n) is 11.4. The number of hydrogen-bond donors (Lipinski definition) is 2. The van der Waals surface area contributed by atoms with Gasteiger partial charge in [0.1, 0.15) is 17.3 Å². The first-order valence-electron chi connectivity index (χ1n) is 6.39. The third-order valence-corrected chi connectivity index (χ3v) is 2.78. The smallest absolute Gasteiger partial charge is 0.261 e. The quantitative estimate of drug-likeness (QED) is 0.883. The highest BCUT2D eigenvalue weighted by Gasteiger charge is 2.15. The fourth-order valence-corrected chi connectivity index (χ4v) is 1.65. The number of aromatic hydroxyl groups is 1. The van der Waals surface area contributed by atoms with Gasteiger partial charge in [0.2, 0.25) is 0 Å². The number of nitrogens with one attached hydrogen (secondary N) is 1. The van der Waals surface area contributed by atoms with Gasteiger partial charge in [0.05, 0.1) is 12.2 Å². The van der Waals surface area contributed by atoms with E-state index in [1.54, 1.807) is 19.1 Å². The summed E-state index contributed by atoms with van der Waals surface area (Å²) >= 11 is 0. The molecule has 0 bridgehead atoms. The van der Waals surface area contributed by atoms with E-state index in [1.807, 2.05) is 0 Å². The number of carbonyl (C=O) groups is 1. The summed E-state index contributed by atoms with van der Waals surface area (Å²) in [6.07, 6.45) is 0.710. The lowest BCUT2D eigenvalue weighted by molar-refractivity contribution is -0.127. The maximum Gasteiger partial charge on any atom is 0.261 e. The van der Waals surface area contributed by atoms with Gasteiger partial charge in [-0.15, -0.1) is 0 Å². The number of amides is 1. The standard InChI is InChI=1S/C15H15FN2O3/c1-10(21-12-6-4-11(19)5-7-12)15(20)18-9-14-13(16)3-2-8-17-14/h2-8,10,19H,9H2,1H3,(H,18,20). The predicted octanol–water partition coefficient (Wildman–Crippen LogP) is 2.01. The van der Waals surface area contributed by atoms with Crippen molar-refractivity contribution in [3.8, 4) is 11.5 Å². The van der Waals surface area contributed by atoms with Crippen molar-refractivity contribution in [2.75, 3.05) is 0 Å². The van der Waals surface area contributed by atoms with E-state index in [0.29, 0.717) is 5.75 Å². The third kappa shape index (κ3) is 4.17. The Balaban J connectivity index is 1.88. The minimum atomic E-state index is -0.749. The van der Waals surface area contributed by atoms with Crippen LogP contribution in [0.5, 0.6) is 11.5 Å². The maximum absolute atomic E-state index is 13.4. The first-order chi connectivity index (χ1) is 10.1. The van der Waals surface area contributed by atoms with Gasteiger partial charge in [-0.05, 0) is 43.3 Å². The van der Waals surface area contributed by atoms with E-state index in [0.717, 1.165) is 0 Å². The molecule has 0 spiro atoms. The Labute approximate surface area is 121 Å². The van der Waals surface area contributed by atoms with Crippen LogP contribution in [0, 0.1) is 5.82 Å². The second-order valence-corrected chi connectivity index (χ2v) is 4.40. The van der Waals surface area contributed by atoms with Crippen LogP contribution in [0.1, 0.15) is 12.6 Å². The Morgan fingerprint density at radius 3 is 2.76 bits per heavy atom. The number of nitrogens with zero attached hydrogens (tertiary/aromatic N) is 1. The molecular formula is C15H15FN2O3. The molecule has 1 heterocycles. The minimum Gasteiger partial charge on any atom is -0.508 e. The lowest BCUT2D eigenvalue weighted by Gasteiger charge is -2.14. The number of carbonyl (C=O) groups excluding carboxylic acids is 1. The first kappa shape index (κ1) is 14.8. The molecule has 2 N–H and O–H groups in total. The molecule has 0 aliphatic heterocycles. The molecule has 1 atom stereocenters. The molecular weight excluding hydrogens is 275 g/mol. The van der Waals surface area contributed by atoms with E-state index in [1.165, 1.54) is 30.5 Å². The largest absolute Gasteiger partial charge is 0.508 e. The van der Waals surface area contributed by atoms with Crippen LogP contribution in [0.3, 0.4) is 0 Å². The van der Waals surface area contributed by atoms with Crippen LogP contribution in [-0.4, -0.2) is 22.1 Å². The van der Waals surface area contributed by atoms with E-state index < -0.39 is 11.9 Å². The topological polar surface area (TPSA) is 71.5 Å². The van der Waals surface area contributed by atoms with Crippen molar-refractivity contribution < 1.29 is 19.0 Å². The number of pyridine rings is 1. The molecule has 1 aromatic heterocycles. The van der Waals surface area contributed by atoms with Crippen LogP contribution < -0.4 is 10.1 Å². The normalized spacial score (nSPS) is 11.7. The highest BCUT2D eigenvalue weighted by Crippen LogP contribution is 2.17. The van der Waals surface area contributed by atoms with Crippen molar-refractivity contribution in [3.05, 3.63) is 54.1 Å². The average molecular weight is 290 g/mol. The Hall–Kier alpha value is -2.63. The van der Waals surface area contributed by atoms with Crippen molar-refractivity contribution in [1.82, 2.24) is 10.3 Å². The van der Waals surface area contributed by atoms with Crippen LogP contribution in [0.15, 0.2) is 42.6 Å². The number of phenolic OH excluding ortho intramolecular Hbond substituents is 1. The fourth-order valence-electron chi connectivity index (χ4n) is 1.65. The molecule has 0 fully saturated rings. The van der Waals surface area contributed by atoms with Gasteiger partial charge in [-0.25, -0.2) is 4.39 Å². The average Bonchev–Trinajstić information content (AvgIpc) is 2.48. The SMILES string of the molecule is CC(Oc1ccc(O)cc1)C(=O)NCc1ncccc1F. The summed E-state index contributed by atoms with van der Waals surface area (Å²) in [6.45, 7) is 1.58. The highest BCUT2D eigenvalue weighted by atomic mass is 19.1. The lowest BCUT2D eigenvalue weighted by Crippen LogP contribution is -2.36. The summed E-state index contributed by atoms with van der Waals surface area (Å²) in [6, 6.07) is 8.80. The second-order valence-electron chi connectivity index (χ2n) is 4.40. The molecule has 1 aromatic carbocycles. The van der Waals surface area contributed by atoms with E-state index in [-0.39, 0.29) is 23.9 Å². The molecule has 110 valence electrons. The van der Waals surface area contributed by atoms with E-state index in [9.17, 15) is 9.18 Å². The molecule has 0 saturated heterocycles. The van der Waals surface area contributed by atoms with E-state index in [2.05, 4.69) is 10.3 Å². The second kappa shape index (κ2) is 6.69. The monoisotopic (exact) mass is 290 g/mol. The Kier molecular flexibility index (Phi) is 4.71. The van der Waals surface area contributed by atoms with Gasteiger partial charge in [-0.3, -0.25) is 9.78 Å². The van der Waals surface area contributed by atoms with Crippen molar-refractivity contribution in [1.29, 1.82) is 0 Å². The predicted molar refractivity (Wildman–Crippen MR) is 74.2 cm³/mol. The van der Waals surface area contributed by atoms with Gasteiger partial charge in [0.25, 0.3) is 5.91 Å².